The number of rotatable bonds is 4. The molecule has 0 heterocycles. The summed E-state index contributed by atoms with van der Waals surface area (Å²) in [6.45, 7) is 1.66. The highest BCUT2D eigenvalue weighted by atomic mass is 79.9. The first-order valence-corrected chi connectivity index (χ1v) is 7.11. The Morgan fingerprint density at radius 2 is 2.05 bits per heavy atom. The standard InChI is InChI=1S/C16H13BrN2O2/c1-11(21-15-7-2-4-12(8-15)10-18)16(20)19-14-6-3-5-13(17)9-14/h2-9,11H,1H3,(H,19,20)/t11-/m1/s1. The molecule has 2 aromatic rings. The fourth-order valence-electron chi connectivity index (χ4n) is 1.71. The summed E-state index contributed by atoms with van der Waals surface area (Å²) in [4.78, 5) is 12.1. The van der Waals surface area contributed by atoms with Gasteiger partial charge < -0.3 is 10.1 Å². The molecule has 106 valence electrons. The van der Waals surface area contributed by atoms with Gasteiger partial charge in [-0.15, -0.1) is 0 Å². The second-order valence-electron chi connectivity index (χ2n) is 4.40. The number of benzene rings is 2. The van der Waals surface area contributed by atoms with Crippen LogP contribution in [0.15, 0.2) is 53.0 Å². The maximum absolute atomic E-state index is 12.1. The number of nitriles is 1. The van der Waals surface area contributed by atoms with Gasteiger partial charge in [0.2, 0.25) is 0 Å². The third kappa shape index (κ3) is 4.33. The first-order chi connectivity index (χ1) is 10.1. The monoisotopic (exact) mass is 344 g/mol. The minimum Gasteiger partial charge on any atom is -0.481 e. The van der Waals surface area contributed by atoms with E-state index in [1.54, 1.807) is 43.3 Å². The van der Waals surface area contributed by atoms with Crippen LogP contribution in [0.4, 0.5) is 5.69 Å². The van der Waals surface area contributed by atoms with E-state index in [1.165, 1.54) is 0 Å². The Labute approximate surface area is 131 Å². The average molecular weight is 345 g/mol. The molecule has 1 atom stereocenters. The molecule has 0 radical (unpaired) electrons. The van der Waals surface area contributed by atoms with Gasteiger partial charge in [-0.05, 0) is 43.3 Å². The van der Waals surface area contributed by atoms with Crippen molar-refractivity contribution in [2.45, 2.75) is 13.0 Å². The molecule has 2 rings (SSSR count). The Kier molecular flexibility index (Phi) is 4.96. The summed E-state index contributed by atoms with van der Waals surface area (Å²) in [5.41, 5.74) is 1.18. The van der Waals surface area contributed by atoms with Crippen molar-refractivity contribution in [1.82, 2.24) is 0 Å². The van der Waals surface area contributed by atoms with Gasteiger partial charge in [-0.3, -0.25) is 4.79 Å². The van der Waals surface area contributed by atoms with Gasteiger partial charge in [0.15, 0.2) is 6.10 Å². The predicted molar refractivity (Wildman–Crippen MR) is 84.0 cm³/mol. The maximum atomic E-state index is 12.1. The number of hydrogen-bond acceptors (Lipinski definition) is 3. The normalized spacial score (nSPS) is 11.3. The number of carbonyl (C=O) groups is 1. The molecule has 0 saturated heterocycles. The van der Waals surface area contributed by atoms with Gasteiger partial charge in [-0.25, -0.2) is 0 Å². The molecule has 0 spiro atoms. The molecule has 21 heavy (non-hydrogen) atoms. The van der Waals surface area contributed by atoms with Crippen molar-refractivity contribution < 1.29 is 9.53 Å². The minimum absolute atomic E-state index is 0.254. The molecule has 1 N–H and O–H groups in total. The van der Waals surface area contributed by atoms with E-state index in [2.05, 4.69) is 21.2 Å². The van der Waals surface area contributed by atoms with Crippen LogP contribution >= 0.6 is 15.9 Å². The van der Waals surface area contributed by atoms with Gasteiger partial charge in [0.25, 0.3) is 5.91 Å². The van der Waals surface area contributed by atoms with Crippen LogP contribution < -0.4 is 10.1 Å². The molecule has 0 aromatic heterocycles. The van der Waals surface area contributed by atoms with Gasteiger partial charge in [-0.1, -0.05) is 28.1 Å². The number of amides is 1. The average Bonchev–Trinajstić information content (AvgIpc) is 2.47. The number of carbonyl (C=O) groups excluding carboxylic acids is 1. The summed E-state index contributed by atoms with van der Waals surface area (Å²) in [5, 5.41) is 11.6. The van der Waals surface area contributed by atoms with Crippen LogP contribution in [0.1, 0.15) is 12.5 Å². The van der Waals surface area contributed by atoms with Gasteiger partial charge in [-0.2, -0.15) is 5.26 Å². The van der Waals surface area contributed by atoms with E-state index in [0.29, 0.717) is 17.0 Å². The zero-order valence-electron chi connectivity index (χ0n) is 11.3. The van der Waals surface area contributed by atoms with Crippen LogP contribution in [-0.2, 0) is 4.79 Å². The SMILES string of the molecule is C[C@@H](Oc1cccc(C#N)c1)C(=O)Nc1cccc(Br)c1. The number of nitrogens with one attached hydrogen (secondary N) is 1. The van der Waals surface area contributed by atoms with E-state index in [4.69, 9.17) is 10.00 Å². The van der Waals surface area contributed by atoms with E-state index in [1.807, 2.05) is 18.2 Å². The number of nitrogens with zero attached hydrogens (tertiary/aromatic N) is 1. The van der Waals surface area contributed by atoms with Crippen molar-refractivity contribution in [3.8, 4) is 11.8 Å². The smallest absolute Gasteiger partial charge is 0.265 e. The summed E-state index contributed by atoms with van der Waals surface area (Å²) < 4.78 is 6.43. The highest BCUT2D eigenvalue weighted by molar-refractivity contribution is 9.10. The first kappa shape index (κ1) is 15.1. The Bertz CT molecular complexity index is 695. The molecule has 5 heteroatoms. The summed E-state index contributed by atoms with van der Waals surface area (Å²) in [6, 6.07) is 16.1. The third-order valence-electron chi connectivity index (χ3n) is 2.74. The van der Waals surface area contributed by atoms with Gasteiger partial charge in [0, 0.05) is 10.2 Å². The molecule has 0 unspecified atom stereocenters. The van der Waals surface area contributed by atoms with E-state index < -0.39 is 6.10 Å². The maximum Gasteiger partial charge on any atom is 0.265 e. The van der Waals surface area contributed by atoms with Gasteiger partial charge in [0.1, 0.15) is 5.75 Å². The topological polar surface area (TPSA) is 62.1 Å². The van der Waals surface area contributed by atoms with Crippen LogP contribution in [0, 0.1) is 11.3 Å². The van der Waals surface area contributed by atoms with Gasteiger partial charge in [0.05, 0.1) is 11.6 Å². The van der Waals surface area contributed by atoms with Crippen molar-refractivity contribution in [2.75, 3.05) is 5.32 Å². The Morgan fingerprint density at radius 3 is 2.76 bits per heavy atom. The van der Waals surface area contributed by atoms with Crippen molar-refractivity contribution in [1.29, 1.82) is 5.26 Å². The molecular formula is C16H13BrN2O2. The van der Waals surface area contributed by atoms with Crippen LogP contribution in [0.2, 0.25) is 0 Å². The lowest BCUT2D eigenvalue weighted by Gasteiger charge is -2.15. The van der Waals surface area contributed by atoms with E-state index in [-0.39, 0.29) is 5.91 Å². The molecule has 0 fully saturated rings. The Balaban J connectivity index is 2.01. The Hall–Kier alpha value is -2.32. The zero-order chi connectivity index (χ0) is 15.2. The molecule has 1 amide bonds. The second-order valence-corrected chi connectivity index (χ2v) is 5.31. The van der Waals surface area contributed by atoms with Gasteiger partial charge >= 0.3 is 0 Å². The lowest BCUT2D eigenvalue weighted by atomic mass is 10.2. The predicted octanol–water partition coefficient (Wildman–Crippen LogP) is 3.73. The van der Waals surface area contributed by atoms with Crippen molar-refractivity contribution in [3.63, 3.8) is 0 Å². The molecule has 0 aliphatic carbocycles. The number of ether oxygens (including phenoxy) is 1. The van der Waals surface area contributed by atoms with Crippen LogP contribution in [0.5, 0.6) is 5.75 Å². The van der Waals surface area contributed by atoms with E-state index in [0.717, 1.165) is 4.47 Å². The molecule has 0 bridgehead atoms. The molecule has 0 saturated carbocycles. The van der Waals surface area contributed by atoms with E-state index in [9.17, 15) is 4.79 Å². The summed E-state index contributed by atoms with van der Waals surface area (Å²) in [7, 11) is 0. The highest BCUT2D eigenvalue weighted by Gasteiger charge is 2.15. The van der Waals surface area contributed by atoms with Crippen LogP contribution in [0.25, 0.3) is 0 Å². The minimum atomic E-state index is -0.669. The van der Waals surface area contributed by atoms with Crippen LogP contribution in [0.3, 0.4) is 0 Å². The molecule has 0 aliphatic rings. The second kappa shape index (κ2) is 6.91. The lowest BCUT2D eigenvalue weighted by molar-refractivity contribution is -0.122. The molecule has 0 aliphatic heterocycles. The van der Waals surface area contributed by atoms with Crippen molar-refractivity contribution in [3.05, 3.63) is 58.6 Å². The molecule has 4 nitrogen and oxygen atoms in total. The number of hydrogen-bond donors (Lipinski definition) is 1. The fraction of sp³-hybridized carbons (Fsp3) is 0.125. The van der Waals surface area contributed by atoms with Crippen LogP contribution in [-0.4, -0.2) is 12.0 Å². The highest BCUT2D eigenvalue weighted by Crippen LogP contribution is 2.17. The zero-order valence-corrected chi connectivity index (χ0v) is 12.9. The third-order valence-corrected chi connectivity index (χ3v) is 3.23. The fourth-order valence-corrected chi connectivity index (χ4v) is 2.11. The first-order valence-electron chi connectivity index (χ1n) is 6.32. The lowest BCUT2D eigenvalue weighted by Crippen LogP contribution is -2.30. The molecule has 2 aromatic carbocycles. The summed E-state index contributed by atoms with van der Waals surface area (Å²) >= 11 is 3.35. The van der Waals surface area contributed by atoms with E-state index >= 15 is 0 Å². The summed E-state index contributed by atoms with van der Waals surface area (Å²) in [5.74, 6) is 0.237. The quantitative estimate of drug-likeness (QED) is 0.919. The Morgan fingerprint density at radius 1 is 1.29 bits per heavy atom. The number of anilines is 1. The molecular weight excluding hydrogens is 332 g/mol. The van der Waals surface area contributed by atoms with Crippen molar-refractivity contribution >= 4 is 27.5 Å². The largest absolute Gasteiger partial charge is 0.481 e. The number of halogens is 1. The summed E-state index contributed by atoms with van der Waals surface area (Å²) in [6.07, 6.45) is -0.669. The van der Waals surface area contributed by atoms with Crippen molar-refractivity contribution in [2.24, 2.45) is 0 Å².